The molecule has 0 fully saturated rings. The van der Waals surface area contributed by atoms with E-state index in [0.29, 0.717) is 36.3 Å². The fourth-order valence-electron chi connectivity index (χ4n) is 2.23. The molecule has 0 spiro atoms. The maximum atomic E-state index is 11.2. The Morgan fingerprint density at radius 2 is 2.10 bits per heavy atom. The molecule has 6 heteroatoms. The third-order valence-corrected chi connectivity index (χ3v) is 3.62. The van der Waals surface area contributed by atoms with Crippen molar-refractivity contribution < 1.29 is 14.3 Å². The zero-order valence-electron chi connectivity index (χ0n) is 12.4. The number of rotatable bonds is 5. The van der Waals surface area contributed by atoms with Gasteiger partial charge in [0.05, 0.1) is 24.8 Å². The van der Waals surface area contributed by atoms with E-state index in [1.54, 1.807) is 0 Å². The molecule has 1 amide bonds. The molecule has 0 saturated heterocycles. The molecule has 0 atom stereocenters. The predicted molar refractivity (Wildman–Crippen MR) is 81.8 cm³/mol. The highest BCUT2D eigenvalue weighted by molar-refractivity contribution is 6.32. The maximum absolute atomic E-state index is 11.2. The summed E-state index contributed by atoms with van der Waals surface area (Å²) in [5, 5.41) is 0.534. The van der Waals surface area contributed by atoms with Crippen LogP contribution in [0.1, 0.15) is 25.8 Å². The molecular weight excluding hydrogens is 292 g/mol. The van der Waals surface area contributed by atoms with E-state index in [1.165, 1.54) is 0 Å². The Balaban J connectivity index is 2.21. The van der Waals surface area contributed by atoms with Gasteiger partial charge in [-0.3, -0.25) is 9.69 Å². The van der Waals surface area contributed by atoms with E-state index in [0.717, 1.165) is 12.0 Å². The zero-order valence-corrected chi connectivity index (χ0v) is 13.2. The summed E-state index contributed by atoms with van der Waals surface area (Å²) in [5.41, 5.74) is 6.27. The molecule has 0 radical (unpaired) electrons. The lowest BCUT2D eigenvalue weighted by molar-refractivity contribution is -0.119. The fourth-order valence-corrected chi connectivity index (χ4v) is 2.52. The smallest absolute Gasteiger partial charge is 0.231 e. The van der Waals surface area contributed by atoms with E-state index in [2.05, 4.69) is 0 Å². The van der Waals surface area contributed by atoms with Crippen LogP contribution in [0.3, 0.4) is 0 Å². The topological polar surface area (TPSA) is 64.8 Å². The lowest BCUT2D eigenvalue weighted by Crippen LogP contribution is -2.37. The minimum Gasteiger partial charge on any atom is -0.489 e. The maximum Gasteiger partial charge on any atom is 0.231 e. The molecule has 2 rings (SSSR count). The van der Waals surface area contributed by atoms with Gasteiger partial charge in [0, 0.05) is 19.0 Å². The number of benzene rings is 1. The van der Waals surface area contributed by atoms with Gasteiger partial charge in [0.2, 0.25) is 5.91 Å². The third kappa shape index (κ3) is 4.25. The van der Waals surface area contributed by atoms with E-state index in [9.17, 15) is 4.79 Å². The SMILES string of the molecule is CC(C)N(CC(N)=O)Cc1cc(Cl)c2c(c1)OCCCO2. The molecule has 0 aliphatic carbocycles. The minimum atomic E-state index is -0.343. The van der Waals surface area contributed by atoms with Crippen LogP contribution in [0, 0.1) is 0 Å². The van der Waals surface area contributed by atoms with Gasteiger partial charge in [0.15, 0.2) is 11.5 Å². The standard InChI is InChI=1S/C15H21ClN2O3/c1-10(2)18(9-14(17)19)8-11-6-12(16)15-13(7-11)20-4-3-5-21-15/h6-7,10H,3-5,8-9H2,1-2H3,(H2,17,19). The number of carbonyl (C=O) groups is 1. The van der Waals surface area contributed by atoms with Crippen molar-refractivity contribution >= 4 is 17.5 Å². The highest BCUT2D eigenvalue weighted by Gasteiger charge is 2.18. The lowest BCUT2D eigenvalue weighted by atomic mass is 10.1. The first-order valence-electron chi connectivity index (χ1n) is 7.07. The van der Waals surface area contributed by atoms with Crippen molar-refractivity contribution in [3.8, 4) is 11.5 Å². The first-order chi connectivity index (χ1) is 9.97. The average molecular weight is 313 g/mol. The van der Waals surface area contributed by atoms with Crippen molar-refractivity contribution in [3.05, 3.63) is 22.7 Å². The average Bonchev–Trinajstić information content (AvgIpc) is 2.63. The summed E-state index contributed by atoms with van der Waals surface area (Å²) in [4.78, 5) is 13.1. The Labute approximate surface area is 130 Å². The number of halogens is 1. The molecule has 1 aliphatic heterocycles. The second-order valence-electron chi connectivity index (χ2n) is 5.42. The molecule has 0 saturated carbocycles. The summed E-state index contributed by atoms with van der Waals surface area (Å²) in [7, 11) is 0. The van der Waals surface area contributed by atoms with Gasteiger partial charge in [0.1, 0.15) is 0 Å². The summed E-state index contributed by atoms with van der Waals surface area (Å²) in [5.74, 6) is 0.922. The van der Waals surface area contributed by atoms with Gasteiger partial charge < -0.3 is 15.2 Å². The Hall–Kier alpha value is -1.46. The number of ether oxygens (including phenoxy) is 2. The molecule has 116 valence electrons. The first kappa shape index (κ1) is 15.9. The van der Waals surface area contributed by atoms with Crippen molar-refractivity contribution in [2.45, 2.75) is 32.9 Å². The van der Waals surface area contributed by atoms with Crippen LogP contribution in [0.25, 0.3) is 0 Å². The van der Waals surface area contributed by atoms with Crippen LogP contribution in [0.15, 0.2) is 12.1 Å². The predicted octanol–water partition coefficient (Wildman–Crippen LogP) is 2.20. The van der Waals surface area contributed by atoms with E-state index in [1.807, 2.05) is 30.9 Å². The molecule has 1 aromatic carbocycles. The number of primary amides is 1. The molecule has 21 heavy (non-hydrogen) atoms. The first-order valence-corrected chi connectivity index (χ1v) is 7.45. The van der Waals surface area contributed by atoms with Crippen LogP contribution < -0.4 is 15.2 Å². The van der Waals surface area contributed by atoms with E-state index in [-0.39, 0.29) is 18.5 Å². The van der Waals surface area contributed by atoms with Crippen LogP contribution >= 0.6 is 11.6 Å². The highest BCUT2D eigenvalue weighted by Crippen LogP contribution is 2.38. The summed E-state index contributed by atoms with van der Waals surface area (Å²) in [6.45, 7) is 6.05. The lowest BCUT2D eigenvalue weighted by Gasteiger charge is -2.25. The van der Waals surface area contributed by atoms with Gasteiger partial charge in [0.25, 0.3) is 0 Å². The van der Waals surface area contributed by atoms with E-state index in [4.69, 9.17) is 26.8 Å². The van der Waals surface area contributed by atoms with Crippen molar-refractivity contribution in [3.63, 3.8) is 0 Å². The quantitative estimate of drug-likeness (QED) is 0.905. The molecule has 0 aromatic heterocycles. The number of hydrogen-bond donors (Lipinski definition) is 1. The Morgan fingerprint density at radius 1 is 1.38 bits per heavy atom. The summed E-state index contributed by atoms with van der Waals surface area (Å²) < 4.78 is 11.3. The molecule has 1 aliphatic rings. The molecular formula is C15H21ClN2O3. The normalized spacial score (nSPS) is 14.3. The largest absolute Gasteiger partial charge is 0.489 e. The summed E-state index contributed by atoms with van der Waals surface area (Å²) in [6, 6.07) is 3.97. The molecule has 2 N–H and O–H groups in total. The Morgan fingerprint density at radius 3 is 2.76 bits per heavy atom. The molecule has 5 nitrogen and oxygen atoms in total. The summed E-state index contributed by atoms with van der Waals surface area (Å²) >= 11 is 6.27. The van der Waals surface area contributed by atoms with Crippen molar-refractivity contribution in [2.24, 2.45) is 5.73 Å². The molecule has 0 unspecified atom stereocenters. The van der Waals surface area contributed by atoms with Crippen LogP contribution in [0.5, 0.6) is 11.5 Å². The van der Waals surface area contributed by atoms with Crippen LogP contribution in [-0.4, -0.2) is 36.6 Å². The van der Waals surface area contributed by atoms with Gasteiger partial charge in [-0.15, -0.1) is 0 Å². The Bertz CT molecular complexity index is 520. The van der Waals surface area contributed by atoms with Gasteiger partial charge in [-0.25, -0.2) is 0 Å². The monoisotopic (exact) mass is 312 g/mol. The number of hydrogen-bond acceptors (Lipinski definition) is 4. The highest BCUT2D eigenvalue weighted by atomic mass is 35.5. The van der Waals surface area contributed by atoms with Gasteiger partial charge >= 0.3 is 0 Å². The second kappa shape index (κ2) is 7.00. The van der Waals surface area contributed by atoms with Crippen LogP contribution in [0.2, 0.25) is 5.02 Å². The van der Waals surface area contributed by atoms with Gasteiger partial charge in [-0.05, 0) is 31.5 Å². The van der Waals surface area contributed by atoms with E-state index < -0.39 is 0 Å². The zero-order chi connectivity index (χ0) is 15.4. The van der Waals surface area contributed by atoms with Crippen molar-refractivity contribution in [1.29, 1.82) is 0 Å². The molecule has 0 bridgehead atoms. The number of nitrogens with zero attached hydrogens (tertiary/aromatic N) is 1. The van der Waals surface area contributed by atoms with Crippen LogP contribution in [0.4, 0.5) is 0 Å². The molecule has 1 heterocycles. The summed E-state index contributed by atoms with van der Waals surface area (Å²) in [6.07, 6.45) is 0.833. The fraction of sp³-hybridized carbons (Fsp3) is 0.533. The second-order valence-corrected chi connectivity index (χ2v) is 5.83. The van der Waals surface area contributed by atoms with Crippen LogP contribution in [-0.2, 0) is 11.3 Å². The van der Waals surface area contributed by atoms with Crippen molar-refractivity contribution in [2.75, 3.05) is 19.8 Å². The number of fused-ring (bicyclic) bond motifs is 1. The van der Waals surface area contributed by atoms with E-state index >= 15 is 0 Å². The van der Waals surface area contributed by atoms with Gasteiger partial charge in [-0.2, -0.15) is 0 Å². The minimum absolute atomic E-state index is 0.201. The number of nitrogens with two attached hydrogens (primary N) is 1. The molecule has 1 aromatic rings. The number of amides is 1. The van der Waals surface area contributed by atoms with Crippen molar-refractivity contribution in [1.82, 2.24) is 4.90 Å². The third-order valence-electron chi connectivity index (χ3n) is 3.34. The number of carbonyl (C=O) groups excluding carboxylic acids is 1. The Kier molecular flexibility index (Phi) is 5.31. The van der Waals surface area contributed by atoms with Gasteiger partial charge in [-0.1, -0.05) is 11.6 Å².